The van der Waals surface area contributed by atoms with Crippen molar-refractivity contribution >= 4 is 0 Å². The van der Waals surface area contributed by atoms with Crippen LogP contribution in [0.1, 0.15) is 46.0 Å². The minimum absolute atomic E-state index is 0.568. The van der Waals surface area contributed by atoms with Crippen molar-refractivity contribution < 1.29 is 0 Å². The summed E-state index contributed by atoms with van der Waals surface area (Å²) in [5.41, 5.74) is 7.10. The van der Waals surface area contributed by atoms with Gasteiger partial charge in [0.1, 0.15) is 0 Å². The van der Waals surface area contributed by atoms with Gasteiger partial charge in [0, 0.05) is 0 Å². The summed E-state index contributed by atoms with van der Waals surface area (Å²) in [7, 11) is 0. The normalized spacial score (nSPS) is 36.8. The highest BCUT2D eigenvalue weighted by molar-refractivity contribution is 5.02. The first-order chi connectivity index (χ1) is 5.55. The molecule has 1 unspecified atom stereocenters. The third-order valence-electron chi connectivity index (χ3n) is 3.71. The van der Waals surface area contributed by atoms with Crippen LogP contribution in [0.5, 0.6) is 0 Å². The van der Waals surface area contributed by atoms with Crippen LogP contribution in [0.2, 0.25) is 0 Å². The van der Waals surface area contributed by atoms with Crippen molar-refractivity contribution in [3.05, 3.63) is 0 Å². The van der Waals surface area contributed by atoms with Gasteiger partial charge in [0.2, 0.25) is 0 Å². The standard InChI is InChI=1S/C11H21N/c1-10(2)5-9(7-12)6-11(8-10)3-4-11/h9H,3-8,12H2,1-2H3. The number of nitrogens with two attached hydrogens (primary N) is 1. The lowest BCUT2D eigenvalue weighted by molar-refractivity contribution is 0.113. The molecule has 70 valence electrons. The molecule has 0 aromatic rings. The molecule has 1 spiro atoms. The van der Waals surface area contributed by atoms with Crippen molar-refractivity contribution in [2.75, 3.05) is 6.54 Å². The van der Waals surface area contributed by atoms with Crippen molar-refractivity contribution in [1.29, 1.82) is 0 Å². The molecular weight excluding hydrogens is 146 g/mol. The molecule has 0 aromatic carbocycles. The Labute approximate surface area is 75.7 Å². The fraction of sp³-hybridized carbons (Fsp3) is 1.00. The Bertz CT molecular complexity index is 173. The Morgan fingerprint density at radius 2 is 1.92 bits per heavy atom. The molecule has 1 atom stereocenters. The van der Waals surface area contributed by atoms with Gasteiger partial charge >= 0.3 is 0 Å². The molecule has 12 heavy (non-hydrogen) atoms. The van der Waals surface area contributed by atoms with E-state index < -0.39 is 0 Å². The summed E-state index contributed by atoms with van der Waals surface area (Å²) in [4.78, 5) is 0. The van der Waals surface area contributed by atoms with E-state index >= 15 is 0 Å². The molecule has 0 heterocycles. The summed E-state index contributed by atoms with van der Waals surface area (Å²) in [5, 5.41) is 0. The summed E-state index contributed by atoms with van der Waals surface area (Å²) in [6.45, 7) is 5.73. The summed E-state index contributed by atoms with van der Waals surface area (Å²) >= 11 is 0. The summed E-state index contributed by atoms with van der Waals surface area (Å²) in [6, 6.07) is 0. The van der Waals surface area contributed by atoms with Crippen molar-refractivity contribution in [2.24, 2.45) is 22.5 Å². The lowest BCUT2D eigenvalue weighted by atomic mass is 9.66. The van der Waals surface area contributed by atoms with Gasteiger partial charge in [0.25, 0.3) is 0 Å². The highest BCUT2D eigenvalue weighted by atomic mass is 14.6. The second-order valence-electron chi connectivity index (χ2n) is 5.85. The van der Waals surface area contributed by atoms with Crippen LogP contribution in [0.15, 0.2) is 0 Å². The largest absolute Gasteiger partial charge is 0.330 e. The first-order valence-electron chi connectivity index (χ1n) is 5.25. The van der Waals surface area contributed by atoms with Crippen molar-refractivity contribution in [3.8, 4) is 0 Å². The highest BCUT2D eigenvalue weighted by Gasteiger charge is 2.50. The molecule has 2 rings (SSSR count). The van der Waals surface area contributed by atoms with Gasteiger partial charge in [-0.05, 0) is 55.4 Å². The predicted octanol–water partition coefficient (Wildman–Crippen LogP) is 2.55. The van der Waals surface area contributed by atoms with E-state index in [1.807, 2.05) is 0 Å². The van der Waals surface area contributed by atoms with Crippen LogP contribution in [-0.2, 0) is 0 Å². The van der Waals surface area contributed by atoms with Gasteiger partial charge in [0.05, 0.1) is 0 Å². The van der Waals surface area contributed by atoms with E-state index in [0.717, 1.165) is 17.9 Å². The molecule has 2 aliphatic carbocycles. The second-order valence-corrected chi connectivity index (χ2v) is 5.85. The maximum absolute atomic E-state index is 5.77. The van der Waals surface area contributed by atoms with Gasteiger partial charge in [-0.3, -0.25) is 0 Å². The zero-order chi connectivity index (χ0) is 8.82. The summed E-state index contributed by atoms with van der Waals surface area (Å²) in [6.07, 6.45) is 7.19. The number of hydrogen-bond donors (Lipinski definition) is 1. The van der Waals surface area contributed by atoms with Gasteiger partial charge in [-0.1, -0.05) is 13.8 Å². The third-order valence-corrected chi connectivity index (χ3v) is 3.71. The molecule has 2 N–H and O–H groups in total. The SMILES string of the molecule is CC1(C)CC(CN)CC2(CC2)C1. The van der Waals surface area contributed by atoms with E-state index in [-0.39, 0.29) is 0 Å². The molecule has 0 aromatic heterocycles. The van der Waals surface area contributed by atoms with Crippen LogP contribution in [0.25, 0.3) is 0 Å². The first kappa shape index (κ1) is 8.55. The van der Waals surface area contributed by atoms with E-state index in [9.17, 15) is 0 Å². The molecule has 0 saturated heterocycles. The Kier molecular flexibility index (Phi) is 1.76. The molecule has 2 saturated carbocycles. The van der Waals surface area contributed by atoms with Crippen LogP contribution in [0.4, 0.5) is 0 Å². The third kappa shape index (κ3) is 1.52. The van der Waals surface area contributed by atoms with Crippen molar-refractivity contribution in [2.45, 2.75) is 46.0 Å². The molecule has 0 radical (unpaired) electrons. The van der Waals surface area contributed by atoms with E-state index in [0.29, 0.717) is 5.41 Å². The Balaban J connectivity index is 2.06. The topological polar surface area (TPSA) is 26.0 Å². The Hall–Kier alpha value is -0.0400. The molecule has 2 aliphatic rings. The average Bonchev–Trinajstić information content (AvgIpc) is 2.65. The second kappa shape index (κ2) is 2.47. The molecule has 2 fully saturated rings. The maximum atomic E-state index is 5.77. The van der Waals surface area contributed by atoms with Crippen LogP contribution in [-0.4, -0.2) is 6.54 Å². The van der Waals surface area contributed by atoms with Crippen LogP contribution in [0, 0.1) is 16.7 Å². The molecular formula is C11H21N. The maximum Gasteiger partial charge on any atom is -0.00485 e. The number of rotatable bonds is 1. The van der Waals surface area contributed by atoms with Gasteiger partial charge < -0.3 is 5.73 Å². The summed E-state index contributed by atoms with van der Waals surface area (Å²) < 4.78 is 0. The lowest BCUT2D eigenvalue weighted by Gasteiger charge is -2.40. The van der Waals surface area contributed by atoms with Gasteiger partial charge in [-0.2, -0.15) is 0 Å². The molecule has 0 aliphatic heterocycles. The van der Waals surface area contributed by atoms with Crippen LogP contribution >= 0.6 is 0 Å². The van der Waals surface area contributed by atoms with Crippen LogP contribution < -0.4 is 5.73 Å². The lowest BCUT2D eigenvalue weighted by Crippen LogP contribution is -2.33. The smallest absolute Gasteiger partial charge is 0.00485 e. The zero-order valence-corrected chi connectivity index (χ0v) is 8.40. The van der Waals surface area contributed by atoms with Gasteiger partial charge in [-0.25, -0.2) is 0 Å². The zero-order valence-electron chi connectivity index (χ0n) is 8.40. The van der Waals surface area contributed by atoms with E-state index in [1.165, 1.54) is 32.1 Å². The minimum Gasteiger partial charge on any atom is -0.330 e. The van der Waals surface area contributed by atoms with E-state index in [1.54, 1.807) is 0 Å². The quantitative estimate of drug-likeness (QED) is 0.638. The van der Waals surface area contributed by atoms with Gasteiger partial charge in [-0.15, -0.1) is 0 Å². The predicted molar refractivity (Wildman–Crippen MR) is 51.8 cm³/mol. The fourth-order valence-electron chi connectivity index (χ4n) is 3.35. The fourth-order valence-corrected chi connectivity index (χ4v) is 3.35. The molecule has 0 bridgehead atoms. The molecule has 1 nitrogen and oxygen atoms in total. The molecule has 1 heteroatoms. The highest BCUT2D eigenvalue weighted by Crippen LogP contribution is 2.61. The monoisotopic (exact) mass is 167 g/mol. The van der Waals surface area contributed by atoms with E-state index in [4.69, 9.17) is 5.73 Å². The first-order valence-corrected chi connectivity index (χ1v) is 5.25. The molecule has 0 amide bonds. The Morgan fingerprint density at radius 3 is 2.42 bits per heavy atom. The minimum atomic E-state index is 0.568. The summed E-state index contributed by atoms with van der Waals surface area (Å²) in [5.74, 6) is 0.816. The van der Waals surface area contributed by atoms with Crippen molar-refractivity contribution in [1.82, 2.24) is 0 Å². The van der Waals surface area contributed by atoms with Crippen molar-refractivity contribution in [3.63, 3.8) is 0 Å². The average molecular weight is 167 g/mol. The van der Waals surface area contributed by atoms with E-state index in [2.05, 4.69) is 13.8 Å². The van der Waals surface area contributed by atoms with Crippen LogP contribution in [0.3, 0.4) is 0 Å². The number of hydrogen-bond acceptors (Lipinski definition) is 1. The van der Waals surface area contributed by atoms with Gasteiger partial charge in [0.15, 0.2) is 0 Å². The Morgan fingerprint density at radius 1 is 1.25 bits per heavy atom.